The Bertz CT molecular complexity index is 418. The van der Waals surface area contributed by atoms with E-state index < -0.39 is 0 Å². The number of hydrogen-bond acceptors (Lipinski definition) is 4. The number of aromatic nitrogens is 2. The maximum atomic E-state index is 5.95. The molecule has 1 atom stereocenters. The summed E-state index contributed by atoms with van der Waals surface area (Å²) in [5, 5.41) is 0. The van der Waals surface area contributed by atoms with Crippen molar-refractivity contribution in [2.24, 2.45) is 5.92 Å². The minimum Gasteiger partial charge on any atom is -0.477 e. The first kappa shape index (κ1) is 16.7. The lowest BCUT2D eigenvalue weighted by atomic mass is 10.0. The van der Waals surface area contributed by atoms with Gasteiger partial charge in [-0.1, -0.05) is 47.0 Å². The summed E-state index contributed by atoms with van der Waals surface area (Å²) in [4.78, 5) is 8.82. The second-order valence-corrected chi connectivity index (χ2v) is 5.78. The van der Waals surface area contributed by atoms with E-state index in [1.54, 1.807) is 0 Å². The van der Waals surface area contributed by atoms with Gasteiger partial charge in [0.25, 0.3) is 0 Å². The van der Waals surface area contributed by atoms with E-state index in [9.17, 15) is 0 Å². The highest BCUT2D eigenvalue weighted by molar-refractivity contribution is 5.44. The number of hydrogen-bond donors (Lipinski definition) is 1. The van der Waals surface area contributed by atoms with Gasteiger partial charge in [-0.2, -0.15) is 4.98 Å². The predicted molar refractivity (Wildman–Crippen MR) is 84.1 cm³/mol. The van der Waals surface area contributed by atoms with Gasteiger partial charge < -0.3 is 10.5 Å². The molecule has 0 spiro atoms. The van der Waals surface area contributed by atoms with Crippen molar-refractivity contribution in [1.29, 1.82) is 0 Å². The maximum absolute atomic E-state index is 5.95. The van der Waals surface area contributed by atoms with Gasteiger partial charge >= 0.3 is 0 Å². The Kier molecular flexibility index (Phi) is 6.76. The molecule has 0 saturated heterocycles. The minimum absolute atomic E-state index is 0.252. The number of ether oxygens (including phenoxy) is 1. The van der Waals surface area contributed by atoms with E-state index in [1.165, 1.54) is 19.3 Å². The molecule has 0 amide bonds. The third-order valence-electron chi connectivity index (χ3n) is 3.67. The molecule has 1 aromatic rings. The monoisotopic (exact) mass is 279 g/mol. The van der Waals surface area contributed by atoms with Gasteiger partial charge in [0, 0.05) is 5.92 Å². The maximum Gasteiger partial charge on any atom is 0.221 e. The Morgan fingerprint density at radius 1 is 1.20 bits per heavy atom. The van der Waals surface area contributed by atoms with Crippen molar-refractivity contribution in [2.45, 2.75) is 66.2 Å². The van der Waals surface area contributed by atoms with Gasteiger partial charge in [0.2, 0.25) is 5.88 Å². The molecule has 0 aromatic carbocycles. The first-order valence-electron chi connectivity index (χ1n) is 7.76. The molecule has 20 heavy (non-hydrogen) atoms. The Balaban J connectivity index is 2.75. The van der Waals surface area contributed by atoms with Gasteiger partial charge in [-0.25, -0.2) is 4.98 Å². The molecule has 2 N–H and O–H groups in total. The van der Waals surface area contributed by atoms with E-state index in [4.69, 9.17) is 10.5 Å². The van der Waals surface area contributed by atoms with E-state index in [-0.39, 0.29) is 5.92 Å². The molecule has 0 fully saturated rings. The fourth-order valence-corrected chi connectivity index (χ4v) is 2.02. The molecule has 4 heteroatoms. The molecule has 1 unspecified atom stereocenters. The highest BCUT2D eigenvalue weighted by Gasteiger charge is 2.14. The summed E-state index contributed by atoms with van der Waals surface area (Å²) in [6.07, 6.45) is 4.83. The summed E-state index contributed by atoms with van der Waals surface area (Å²) in [6, 6.07) is 0. The molecular weight excluding hydrogens is 250 g/mol. The van der Waals surface area contributed by atoms with Crippen LogP contribution in [0.4, 0.5) is 5.82 Å². The quantitative estimate of drug-likeness (QED) is 0.778. The van der Waals surface area contributed by atoms with Crippen LogP contribution in [0.25, 0.3) is 0 Å². The zero-order valence-electron chi connectivity index (χ0n) is 13.6. The molecule has 0 aliphatic rings. The van der Waals surface area contributed by atoms with Crippen LogP contribution in [0.1, 0.15) is 70.7 Å². The van der Waals surface area contributed by atoms with Gasteiger partial charge in [0.1, 0.15) is 11.6 Å². The molecule has 114 valence electrons. The van der Waals surface area contributed by atoms with E-state index in [0.717, 1.165) is 17.8 Å². The summed E-state index contributed by atoms with van der Waals surface area (Å²) in [6.45, 7) is 11.2. The average Bonchev–Trinajstić information content (AvgIpc) is 2.42. The van der Waals surface area contributed by atoms with Gasteiger partial charge in [-0.05, 0) is 19.3 Å². The molecule has 0 bridgehead atoms. The Morgan fingerprint density at radius 2 is 1.90 bits per heavy atom. The largest absolute Gasteiger partial charge is 0.477 e. The lowest BCUT2D eigenvalue weighted by Gasteiger charge is -2.17. The number of nitrogen functional groups attached to an aromatic ring is 1. The molecule has 1 rings (SSSR count). The summed E-state index contributed by atoms with van der Waals surface area (Å²) in [7, 11) is 0. The van der Waals surface area contributed by atoms with Crippen LogP contribution in [0.2, 0.25) is 0 Å². The van der Waals surface area contributed by atoms with Crippen LogP contribution in [-0.4, -0.2) is 16.6 Å². The lowest BCUT2D eigenvalue weighted by Crippen LogP contribution is -2.14. The lowest BCUT2D eigenvalue weighted by molar-refractivity contribution is 0.223. The highest BCUT2D eigenvalue weighted by atomic mass is 16.5. The van der Waals surface area contributed by atoms with Gasteiger partial charge in [0.15, 0.2) is 0 Å². The van der Waals surface area contributed by atoms with Gasteiger partial charge in [0.05, 0.1) is 12.2 Å². The molecule has 0 aliphatic heterocycles. The molecule has 1 aromatic heterocycles. The predicted octanol–water partition coefficient (Wildman–Crippen LogP) is 4.09. The van der Waals surface area contributed by atoms with Crippen LogP contribution >= 0.6 is 0 Å². The summed E-state index contributed by atoms with van der Waals surface area (Å²) >= 11 is 0. The van der Waals surface area contributed by atoms with Crippen LogP contribution in [0, 0.1) is 12.8 Å². The number of nitrogens with zero attached hydrogens (tertiary/aromatic N) is 2. The standard InChI is InChI=1S/C16H29N3O/c1-6-8-9-13(7-2)10-20-16-12(5)14(17)18-15(19-16)11(3)4/h11,13H,6-10H2,1-5H3,(H2,17,18,19). The number of anilines is 1. The van der Waals surface area contributed by atoms with Crippen molar-refractivity contribution in [3.05, 3.63) is 11.4 Å². The van der Waals surface area contributed by atoms with Crippen molar-refractivity contribution < 1.29 is 4.74 Å². The fraction of sp³-hybridized carbons (Fsp3) is 0.750. The highest BCUT2D eigenvalue weighted by Crippen LogP contribution is 2.24. The smallest absolute Gasteiger partial charge is 0.221 e. The number of nitrogens with two attached hydrogens (primary N) is 1. The third kappa shape index (κ3) is 4.66. The number of unbranched alkanes of at least 4 members (excludes halogenated alkanes) is 1. The van der Waals surface area contributed by atoms with Crippen LogP contribution in [0.5, 0.6) is 5.88 Å². The third-order valence-corrected chi connectivity index (χ3v) is 3.67. The van der Waals surface area contributed by atoms with Crippen molar-refractivity contribution in [3.8, 4) is 5.88 Å². The number of rotatable bonds is 8. The topological polar surface area (TPSA) is 61.0 Å². The van der Waals surface area contributed by atoms with E-state index >= 15 is 0 Å². The Morgan fingerprint density at radius 3 is 2.45 bits per heavy atom. The average molecular weight is 279 g/mol. The van der Waals surface area contributed by atoms with Crippen molar-refractivity contribution in [3.63, 3.8) is 0 Å². The van der Waals surface area contributed by atoms with Crippen molar-refractivity contribution in [1.82, 2.24) is 9.97 Å². The van der Waals surface area contributed by atoms with Gasteiger partial charge in [-0.3, -0.25) is 0 Å². The summed E-state index contributed by atoms with van der Waals surface area (Å²) < 4.78 is 5.93. The van der Waals surface area contributed by atoms with Crippen LogP contribution in [0.3, 0.4) is 0 Å². The van der Waals surface area contributed by atoms with Gasteiger partial charge in [-0.15, -0.1) is 0 Å². The van der Waals surface area contributed by atoms with Crippen LogP contribution in [-0.2, 0) is 0 Å². The normalized spacial score (nSPS) is 12.7. The van der Waals surface area contributed by atoms with Crippen LogP contribution < -0.4 is 10.5 Å². The Labute approximate surface area is 123 Å². The first-order chi connectivity index (χ1) is 9.49. The van der Waals surface area contributed by atoms with Crippen LogP contribution in [0.15, 0.2) is 0 Å². The summed E-state index contributed by atoms with van der Waals surface area (Å²) in [5.41, 5.74) is 6.79. The van der Waals surface area contributed by atoms with E-state index in [2.05, 4.69) is 37.7 Å². The first-order valence-corrected chi connectivity index (χ1v) is 7.76. The fourth-order valence-electron chi connectivity index (χ4n) is 2.02. The van der Waals surface area contributed by atoms with Crippen molar-refractivity contribution in [2.75, 3.05) is 12.3 Å². The zero-order chi connectivity index (χ0) is 15.1. The molecule has 0 radical (unpaired) electrons. The molecular formula is C16H29N3O. The minimum atomic E-state index is 0.252. The second kappa shape index (κ2) is 8.08. The molecule has 0 aliphatic carbocycles. The summed E-state index contributed by atoms with van der Waals surface area (Å²) in [5.74, 6) is 2.77. The SMILES string of the molecule is CCCCC(CC)COc1nc(C(C)C)nc(N)c1C. The molecule has 4 nitrogen and oxygen atoms in total. The molecule has 1 heterocycles. The second-order valence-electron chi connectivity index (χ2n) is 5.78. The van der Waals surface area contributed by atoms with E-state index in [0.29, 0.717) is 24.2 Å². The zero-order valence-corrected chi connectivity index (χ0v) is 13.6. The van der Waals surface area contributed by atoms with Crippen molar-refractivity contribution >= 4 is 5.82 Å². The molecule has 0 saturated carbocycles. The Hall–Kier alpha value is -1.32. The van der Waals surface area contributed by atoms with E-state index in [1.807, 2.05) is 6.92 Å².